The molecule has 0 bridgehead atoms. The van der Waals surface area contributed by atoms with E-state index in [0.29, 0.717) is 12.2 Å². The van der Waals surface area contributed by atoms with Crippen molar-refractivity contribution in [1.82, 2.24) is 14.9 Å². The fourth-order valence-electron chi connectivity index (χ4n) is 2.80. The number of hydrogen-bond acceptors (Lipinski definition) is 4. The van der Waals surface area contributed by atoms with Crippen molar-refractivity contribution >= 4 is 23.0 Å². The Labute approximate surface area is 153 Å². The predicted octanol–water partition coefficient (Wildman–Crippen LogP) is 3.20. The summed E-state index contributed by atoms with van der Waals surface area (Å²) in [6, 6.07) is 6.81. The number of primary amides is 1. The van der Waals surface area contributed by atoms with Crippen LogP contribution in [0.4, 0.5) is 4.79 Å². The zero-order valence-electron chi connectivity index (χ0n) is 16.1. The summed E-state index contributed by atoms with van der Waals surface area (Å²) in [5.74, 6) is -0.0858. The van der Waals surface area contributed by atoms with Crippen molar-refractivity contribution in [3.8, 4) is 0 Å². The molecule has 0 aliphatic rings. The Kier molecular flexibility index (Phi) is 5.90. The first-order valence-corrected chi connectivity index (χ1v) is 8.85. The Morgan fingerprint density at radius 2 is 1.96 bits per heavy atom. The molecule has 0 unspecified atom stereocenters. The number of fused-ring (bicyclic) bond motifs is 1. The van der Waals surface area contributed by atoms with E-state index in [9.17, 15) is 9.59 Å². The lowest BCUT2D eigenvalue weighted by Gasteiger charge is -2.34. The standard InChI is InChI=1S/C19H28N4O3/c1-6-12(2)16(17(20)24)23(18(25)26-19(3,4)5)11-15-21-13-9-7-8-10-14(13)22-15/h7-10,12,16H,6,11H2,1-5H3,(H2,20,24)(H,21,22)/t12-,16-/m0/s1. The minimum absolute atomic E-state index is 0.107. The van der Waals surface area contributed by atoms with Gasteiger partial charge in [0, 0.05) is 0 Å². The van der Waals surface area contributed by atoms with Crippen molar-refractivity contribution in [2.75, 3.05) is 0 Å². The number of nitrogens with zero attached hydrogens (tertiary/aromatic N) is 2. The fraction of sp³-hybridized carbons (Fsp3) is 0.526. The maximum Gasteiger partial charge on any atom is 0.411 e. The van der Waals surface area contributed by atoms with Gasteiger partial charge in [-0.15, -0.1) is 0 Å². The second-order valence-corrected chi connectivity index (χ2v) is 7.54. The van der Waals surface area contributed by atoms with Crippen LogP contribution >= 0.6 is 0 Å². The van der Waals surface area contributed by atoms with Gasteiger partial charge in [0.25, 0.3) is 0 Å². The molecular formula is C19H28N4O3. The molecule has 2 aromatic rings. The summed E-state index contributed by atoms with van der Waals surface area (Å²) in [6.07, 6.45) is 0.120. The molecule has 0 spiro atoms. The van der Waals surface area contributed by atoms with Gasteiger partial charge in [-0.25, -0.2) is 9.78 Å². The Hall–Kier alpha value is -2.57. The fourth-order valence-corrected chi connectivity index (χ4v) is 2.80. The van der Waals surface area contributed by atoms with Crippen LogP contribution in [-0.4, -0.2) is 38.5 Å². The lowest BCUT2D eigenvalue weighted by atomic mass is 9.97. The van der Waals surface area contributed by atoms with Crippen LogP contribution < -0.4 is 5.73 Å². The molecule has 1 aromatic carbocycles. The normalized spacial score (nSPS) is 14.0. The highest BCUT2D eigenvalue weighted by Crippen LogP contribution is 2.21. The molecule has 142 valence electrons. The maximum absolute atomic E-state index is 12.8. The summed E-state index contributed by atoms with van der Waals surface area (Å²) in [7, 11) is 0. The molecule has 26 heavy (non-hydrogen) atoms. The lowest BCUT2D eigenvalue weighted by molar-refractivity contribution is -0.125. The molecule has 7 nitrogen and oxygen atoms in total. The summed E-state index contributed by atoms with van der Waals surface area (Å²) >= 11 is 0. The van der Waals surface area contributed by atoms with E-state index in [4.69, 9.17) is 10.5 Å². The molecule has 0 aliphatic carbocycles. The summed E-state index contributed by atoms with van der Waals surface area (Å²) in [6.45, 7) is 9.31. The monoisotopic (exact) mass is 360 g/mol. The van der Waals surface area contributed by atoms with Gasteiger partial charge in [-0.3, -0.25) is 9.69 Å². The highest BCUT2D eigenvalue weighted by atomic mass is 16.6. The van der Waals surface area contributed by atoms with E-state index in [-0.39, 0.29) is 12.5 Å². The van der Waals surface area contributed by atoms with Crippen molar-refractivity contribution in [3.63, 3.8) is 0 Å². The molecule has 3 N–H and O–H groups in total. The Morgan fingerprint density at radius 3 is 2.50 bits per heavy atom. The molecule has 0 radical (unpaired) electrons. The van der Waals surface area contributed by atoms with E-state index in [1.807, 2.05) is 38.1 Å². The predicted molar refractivity (Wildman–Crippen MR) is 100 cm³/mol. The number of H-pyrrole nitrogens is 1. The molecule has 1 heterocycles. The number of nitrogens with two attached hydrogens (primary N) is 1. The van der Waals surface area contributed by atoms with Crippen molar-refractivity contribution in [1.29, 1.82) is 0 Å². The third kappa shape index (κ3) is 4.74. The number of carbonyl (C=O) groups excluding carboxylic acids is 2. The smallest absolute Gasteiger partial charge is 0.411 e. The second-order valence-electron chi connectivity index (χ2n) is 7.54. The van der Waals surface area contributed by atoms with E-state index >= 15 is 0 Å². The van der Waals surface area contributed by atoms with Crippen LogP contribution in [0.1, 0.15) is 46.9 Å². The van der Waals surface area contributed by atoms with Crippen LogP contribution in [-0.2, 0) is 16.1 Å². The summed E-state index contributed by atoms with van der Waals surface area (Å²) < 4.78 is 5.51. The van der Waals surface area contributed by atoms with Crippen LogP contribution in [0.15, 0.2) is 24.3 Å². The average molecular weight is 360 g/mol. The van der Waals surface area contributed by atoms with E-state index in [1.54, 1.807) is 20.8 Å². The molecule has 1 aromatic heterocycles. The lowest BCUT2D eigenvalue weighted by Crippen LogP contribution is -2.52. The highest BCUT2D eigenvalue weighted by Gasteiger charge is 2.35. The van der Waals surface area contributed by atoms with Gasteiger partial charge in [-0.1, -0.05) is 32.4 Å². The third-order valence-electron chi connectivity index (χ3n) is 4.20. The molecule has 2 atom stereocenters. The van der Waals surface area contributed by atoms with E-state index in [0.717, 1.165) is 11.0 Å². The molecule has 0 saturated carbocycles. The molecule has 2 rings (SSSR count). The maximum atomic E-state index is 12.8. The number of nitrogens with one attached hydrogen (secondary N) is 1. The summed E-state index contributed by atoms with van der Waals surface area (Å²) in [5, 5.41) is 0. The van der Waals surface area contributed by atoms with Crippen molar-refractivity contribution in [2.45, 2.75) is 59.2 Å². The Bertz CT molecular complexity index is 745. The van der Waals surface area contributed by atoms with Gasteiger partial charge in [-0.2, -0.15) is 0 Å². The Balaban J connectivity index is 2.37. The number of aromatic nitrogens is 2. The molecule has 2 amide bonds. The van der Waals surface area contributed by atoms with Crippen LogP contribution in [0, 0.1) is 5.92 Å². The van der Waals surface area contributed by atoms with Crippen molar-refractivity contribution < 1.29 is 14.3 Å². The van der Waals surface area contributed by atoms with Gasteiger partial charge >= 0.3 is 6.09 Å². The van der Waals surface area contributed by atoms with Crippen molar-refractivity contribution in [3.05, 3.63) is 30.1 Å². The first-order valence-electron chi connectivity index (χ1n) is 8.85. The summed E-state index contributed by atoms with van der Waals surface area (Å²) in [5.41, 5.74) is 6.61. The van der Waals surface area contributed by atoms with Gasteiger partial charge < -0.3 is 15.5 Å². The molecule has 7 heteroatoms. The molecule has 0 saturated heterocycles. The average Bonchev–Trinajstić information content (AvgIpc) is 2.94. The van der Waals surface area contributed by atoms with Gasteiger partial charge in [0.1, 0.15) is 17.5 Å². The number of aromatic amines is 1. The van der Waals surface area contributed by atoms with Crippen LogP contribution in [0.25, 0.3) is 11.0 Å². The molecule has 0 aliphatic heterocycles. The highest BCUT2D eigenvalue weighted by molar-refractivity contribution is 5.84. The minimum atomic E-state index is -0.775. The minimum Gasteiger partial charge on any atom is -0.444 e. The van der Waals surface area contributed by atoms with Gasteiger partial charge in [0.05, 0.1) is 17.6 Å². The summed E-state index contributed by atoms with van der Waals surface area (Å²) in [4.78, 5) is 34.0. The quantitative estimate of drug-likeness (QED) is 0.826. The first kappa shape index (κ1) is 19.8. The van der Waals surface area contributed by atoms with E-state index < -0.39 is 23.6 Å². The number of imidazole rings is 1. The van der Waals surface area contributed by atoms with E-state index in [1.165, 1.54) is 4.90 Å². The Morgan fingerprint density at radius 1 is 1.31 bits per heavy atom. The van der Waals surface area contributed by atoms with Crippen LogP contribution in [0.3, 0.4) is 0 Å². The number of amides is 2. The number of benzene rings is 1. The van der Waals surface area contributed by atoms with Crippen molar-refractivity contribution in [2.24, 2.45) is 11.7 Å². The van der Waals surface area contributed by atoms with Gasteiger partial charge in [0.15, 0.2) is 0 Å². The second kappa shape index (κ2) is 7.76. The van der Waals surface area contributed by atoms with E-state index in [2.05, 4.69) is 9.97 Å². The van der Waals surface area contributed by atoms with Gasteiger partial charge in [-0.05, 0) is 38.8 Å². The number of para-hydroxylation sites is 2. The zero-order valence-corrected chi connectivity index (χ0v) is 16.1. The number of hydrogen-bond donors (Lipinski definition) is 2. The zero-order chi connectivity index (χ0) is 19.5. The molecule has 0 fully saturated rings. The number of rotatable bonds is 6. The van der Waals surface area contributed by atoms with Crippen LogP contribution in [0.2, 0.25) is 0 Å². The first-order chi connectivity index (χ1) is 12.1. The third-order valence-corrected chi connectivity index (χ3v) is 4.20. The van der Waals surface area contributed by atoms with Gasteiger partial charge in [0.2, 0.25) is 5.91 Å². The largest absolute Gasteiger partial charge is 0.444 e. The SMILES string of the molecule is CC[C@H](C)[C@@H](C(N)=O)N(Cc1nc2ccccc2[nH]1)C(=O)OC(C)(C)C. The number of carbonyl (C=O) groups is 2. The number of ether oxygens (including phenoxy) is 1. The van der Waals surface area contributed by atoms with Crippen LogP contribution in [0.5, 0.6) is 0 Å². The molecular weight excluding hydrogens is 332 g/mol. The topological polar surface area (TPSA) is 101 Å².